The van der Waals surface area contributed by atoms with Gasteiger partial charge in [-0.3, -0.25) is 4.68 Å². The highest BCUT2D eigenvalue weighted by molar-refractivity contribution is 6.33. The number of benzene rings is 1. The number of aromatic nitrogens is 2. The number of nitrogens with one attached hydrogen (secondary N) is 1. The molecule has 0 atom stereocenters. The third-order valence-electron chi connectivity index (χ3n) is 2.59. The SMILES string of the molecule is CCn1cc(CNc2ccc(C#N)cc2Cl)cn1. The van der Waals surface area contributed by atoms with Gasteiger partial charge in [-0.05, 0) is 25.1 Å². The van der Waals surface area contributed by atoms with Crippen LogP contribution in [0.2, 0.25) is 5.02 Å². The summed E-state index contributed by atoms with van der Waals surface area (Å²) in [6.45, 7) is 3.56. The third kappa shape index (κ3) is 2.82. The number of anilines is 1. The normalized spacial score (nSPS) is 10.1. The number of rotatable bonds is 4. The van der Waals surface area contributed by atoms with E-state index >= 15 is 0 Å². The van der Waals surface area contributed by atoms with Crippen LogP contribution in [0.1, 0.15) is 18.1 Å². The molecule has 0 spiro atoms. The van der Waals surface area contributed by atoms with Gasteiger partial charge in [-0.25, -0.2) is 0 Å². The zero-order valence-electron chi connectivity index (χ0n) is 10.0. The predicted molar refractivity (Wildman–Crippen MR) is 71.4 cm³/mol. The average molecular weight is 261 g/mol. The van der Waals surface area contributed by atoms with E-state index in [9.17, 15) is 0 Å². The second-order valence-corrected chi connectivity index (χ2v) is 4.27. The van der Waals surface area contributed by atoms with Gasteiger partial charge in [-0.15, -0.1) is 0 Å². The summed E-state index contributed by atoms with van der Waals surface area (Å²) in [4.78, 5) is 0. The van der Waals surface area contributed by atoms with Crippen LogP contribution in [0.15, 0.2) is 30.6 Å². The first-order chi connectivity index (χ1) is 8.72. The molecular formula is C13H13ClN4. The van der Waals surface area contributed by atoms with E-state index in [2.05, 4.69) is 16.5 Å². The van der Waals surface area contributed by atoms with E-state index in [1.807, 2.05) is 30.1 Å². The molecular weight excluding hydrogens is 248 g/mol. The molecule has 0 unspecified atom stereocenters. The molecule has 1 aromatic heterocycles. The molecule has 92 valence electrons. The fourth-order valence-electron chi connectivity index (χ4n) is 1.60. The molecule has 2 aromatic rings. The third-order valence-corrected chi connectivity index (χ3v) is 2.90. The van der Waals surface area contributed by atoms with E-state index in [0.29, 0.717) is 17.1 Å². The summed E-state index contributed by atoms with van der Waals surface area (Å²) in [7, 11) is 0. The van der Waals surface area contributed by atoms with E-state index in [-0.39, 0.29) is 0 Å². The molecule has 1 N–H and O–H groups in total. The maximum absolute atomic E-state index is 8.75. The van der Waals surface area contributed by atoms with E-state index in [1.54, 1.807) is 12.1 Å². The number of halogens is 1. The summed E-state index contributed by atoms with van der Waals surface area (Å²) in [6, 6.07) is 7.26. The minimum absolute atomic E-state index is 0.553. The highest BCUT2D eigenvalue weighted by Crippen LogP contribution is 2.23. The van der Waals surface area contributed by atoms with Gasteiger partial charge in [-0.1, -0.05) is 11.6 Å². The summed E-state index contributed by atoms with van der Waals surface area (Å²) < 4.78 is 1.87. The lowest BCUT2D eigenvalue weighted by Gasteiger charge is -2.07. The van der Waals surface area contributed by atoms with Crippen molar-refractivity contribution < 1.29 is 0 Å². The zero-order valence-corrected chi connectivity index (χ0v) is 10.8. The highest BCUT2D eigenvalue weighted by Gasteiger charge is 2.02. The largest absolute Gasteiger partial charge is 0.380 e. The van der Waals surface area contributed by atoms with Crippen molar-refractivity contribution in [3.8, 4) is 6.07 Å². The van der Waals surface area contributed by atoms with Crippen LogP contribution >= 0.6 is 11.6 Å². The summed E-state index contributed by atoms with van der Waals surface area (Å²) in [5, 5.41) is 16.7. The topological polar surface area (TPSA) is 53.6 Å². The van der Waals surface area contributed by atoms with E-state index in [1.165, 1.54) is 0 Å². The fourth-order valence-corrected chi connectivity index (χ4v) is 1.84. The minimum atomic E-state index is 0.553. The zero-order chi connectivity index (χ0) is 13.0. The Morgan fingerprint density at radius 2 is 2.33 bits per heavy atom. The Morgan fingerprint density at radius 3 is 2.94 bits per heavy atom. The van der Waals surface area contributed by atoms with E-state index < -0.39 is 0 Å². The van der Waals surface area contributed by atoms with Gasteiger partial charge in [0.2, 0.25) is 0 Å². The first-order valence-electron chi connectivity index (χ1n) is 5.67. The Morgan fingerprint density at radius 1 is 1.50 bits per heavy atom. The van der Waals surface area contributed by atoms with Gasteiger partial charge >= 0.3 is 0 Å². The van der Waals surface area contributed by atoms with Gasteiger partial charge in [0.1, 0.15) is 0 Å². The van der Waals surface area contributed by atoms with Crippen LogP contribution in [-0.4, -0.2) is 9.78 Å². The molecule has 0 aliphatic rings. The molecule has 0 fully saturated rings. The highest BCUT2D eigenvalue weighted by atomic mass is 35.5. The molecule has 5 heteroatoms. The summed E-state index contributed by atoms with van der Waals surface area (Å²) in [5.41, 5.74) is 2.47. The number of hydrogen-bond donors (Lipinski definition) is 1. The molecule has 0 saturated heterocycles. The lowest BCUT2D eigenvalue weighted by atomic mass is 10.2. The Balaban J connectivity index is 2.04. The number of hydrogen-bond acceptors (Lipinski definition) is 3. The summed E-state index contributed by atoms with van der Waals surface area (Å²) in [6.07, 6.45) is 3.82. The lowest BCUT2D eigenvalue weighted by Crippen LogP contribution is -1.99. The Hall–Kier alpha value is -1.99. The fraction of sp³-hybridized carbons (Fsp3) is 0.231. The van der Waals surface area contributed by atoms with Crippen molar-refractivity contribution in [1.29, 1.82) is 5.26 Å². The van der Waals surface area contributed by atoms with Crippen molar-refractivity contribution in [2.75, 3.05) is 5.32 Å². The molecule has 0 aliphatic carbocycles. The van der Waals surface area contributed by atoms with Gasteiger partial charge in [-0.2, -0.15) is 10.4 Å². The van der Waals surface area contributed by atoms with Gasteiger partial charge in [0.05, 0.1) is 28.5 Å². The Bertz CT molecular complexity index is 583. The molecule has 0 saturated carbocycles. The Kier molecular flexibility index (Phi) is 3.85. The monoisotopic (exact) mass is 260 g/mol. The summed E-state index contributed by atoms with van der Waals surface area (Å²) in [5.74, 6) is 0. The van der Waals surface area contributed by atoms with Crippen molar-refractivity contribution in [1.82, 2.24) is 9.78 Å². The summed E-state index contributed by atoms with van der Waals surface area (Å²) >= 11 is 6.07. The van der Waals surface area contributed by atoms with E-state index in [0.717, 1.165) is 17.8 Å². The molecule has 18 heavy (non-hydrogen) atoms. The van der Waals surface area contributed by atoms with Crippen molar-refractivity contribution >= 4 is 17.3 Å². The Labute approximate surface area is 111 Å². The molecule has 1 heterocycles. The van der Waals surface area contributed by atoms with Crippen LogP contribution in [0.4, 0.5) is 5.69 Å². The minimum Gasteiger partial charge on any atom is -0.380 e. The van der Waals surface area contributed by atoms with Crippen molar-refractivity contribution in [3.05, 3.63) is 46.7 Å². The maximum Gasteiger partial charge on any atom is 0.0992 e. The predicted octanol–water partition coefficient (Wildman–Crippen LogP) is 3.04. The molecule has 4 nitrogen and oxygen atoms in total. The van der Waals surface area contributed by atoms with Crippen LogP contribution in [-0.2, 0) is 13.1 Å². The van der Waals surface area contributed by atoms with Crippen molar-refractivity contribution in [3.63, 3.8) is 0 Å². The van der Waals surface area contributed by atoms with Crippen LogP contribution in [0.5, 0.6) is 0 Å². The first-order valence-corrected chi connectivity index (χ1v) is 6.05. The molecule has 0 bridgehead atoms. The average Bonchev–Trinajstić information content (AvgIpc) is 2.85. The quantitative estimate of drug-likeness (QED) is 0.919. The molecule has 0 amide bonds. The van der Waals surface area contributed by atoms with Gasteiger partial charge in [0.15, 0.2) is 0 Å². The number of nitriles is 1. The number of nitrogens with zero attached hydrogens (tertiary/aromatic N) is 3. The first kappa shape index (κ1) is 12.5. The standard InChI is InChI=1S/C13H13ClN4/c1-2-18-9-11(8-17-18)7-16-13-4-3-10(6-15)5-12(13)14/h3-5,8-9,16H,2,7H2,1H3. The lowest BCUT2D eigenvalue weighted by molar-refractivity contribution is 0.659. The molecule has 0 aliphatic heterocycles. The van der Waals surface area contributed by atoms with Crippen molar-refractivity contribution in [2.24, 2.45) is 0 Å². The molecule has 2 rings (SSSR count). The number of aryl methyl sites for hydroxylation is 1. The smallest absolute Gasteiger partial charge is 0.0992 e. The van der Waals surface area contributed by atoms with Crippen LogP contribution in [0.25, 0.3) is 0 Å². The second-order valence-electron chi connectivity index (χ2n) is 3.86. The van der Waals surface area contributed by atoms with Crippen LogP contribution in [0, 0.1) is 11.3 Å². The van der Waals surface area contributed by atoms with Crippen LogP contribution < -0.4 is 5.32 Å². The van der Waals surface area contributed by atoms with Gasteiger partial charge in [0.25, 0.3) is 0 Å². The molecule has 1 aromatic carbocycles. The van der Waals surface area contributed by atoms with Gasteiger partial charge < -0.3 is 5.32 Å². The van der Waals surface area contributed by atoms with Crippen molar-refractivity contribution in [2.45, 2.75) is 20.0 Å². The maximum atomic E-state index is 8.75. The van der Waals surface area contributed by atoms with Gasteiger partial charge in [0, 0.05) is 24.8 Å². The van der Waals surface area contributed by atoms with E-state index in [4.69, 9.17) is 16.9 Å². The second kappa shape index (κ2) is 5.56. The molecule has 0 radical (unpaired) electrons. The van der Waals surface area contributed by atoms with Crippen LogP contribution in [0.3, 0.4) is 0 Å².